The number of pyridine rings is 2. The molecule has 7 aromatic rings. The molecule has 0 aliphatic carbocycles. The van der Waals surface area contributed by atoms with E-state index in [2.05, 4.69) is 77.8 Å². The Morgan fingerprint density at radius 2 is 1.65 bits per heavy atom. The molecule has 5 aromatic heterocycles. The van der Waals surface area contributed by atoms with E-state index in [4.69, 9.17) is 9.40 Å². The van der Waals surface area contributed by atoms with Crippen LogP contribution < -0.4 is 0 Å². The predicted molar refractivity (Wildman–Crippen MR) is 126 cm³/mol. The number of hydrogen-bond acceptors (Lipinski definition) is 3. The quantitative estimate of drug-likeness (QED) is 0.298. The van der Waals surface area contributed by atoms with Crippen LogP contribution in [0.4, 0.5) is 0 Å². The molecule has 0 spiro atoms. The van der Waals surface area contributed by atoms with Crippen LogP contribution in [0, 0.1) is 20.8 Å². The highest BCUT2D eigenvalue weighted by molar-refractivity contribution is 6.28. The number of fused-ring (bicyclic) bond motifs is 8. The van der Waals surface area contributed by atoms with Crippen LogP contribution in [-0.4, -0.2) is 14.4 Å². The highest BCUT2D eigenvalue weighted by atomic mass is 16.3. The van der Waals surface area contributed by atoms with Gasteiger partial charge in [0.1, 0.15) is 5.52 Å². The van der Waals surface area contributed by atoms with Crippen LogP contribution in [0.25, 0.3) is 60.6 Å². The zero-order valence-electron chi connectivity index (χ0n) is 17.5. The van der Waals surface area contributed by atoms with Gasteiger partial charge in [-0.25, -0.2) is 4.98 Å². The molecule has 0 unspecified atom stereocenters. The minimum atomic E-state index is 0.685. The molecule has 0 aliphatic heterocycles. The summed E-state index contributed by atoms with van der Waals surface area (Å²) >= 11 is 0. The Morgan fingerprint density at radius 1 is 0.806 bits per heavy atom. The first kappa shape index (κ1) is 16.8. The van der Waals surface area contributed by atoms with Crippen molar-refractivity contribution in [1.82, 2.24) is 14.4 Å². The second kappa shape index (κ2) is 5.61. The van der Waals surface area contributed by atoms with Crippen LogP contribution in [0.2, 0.25) is 0 Å². The van der Waals surface area contributed by atoms with Gasteiger partial charge >= 0.3 is 0 Å². The number of furan rings is 1. The van der Waals surface area contributed by atoms with Crippen LogP contribution in [0.3, 0.4) is 0 Å². The summed E-state index contributed by atoms with van der Waals surface area (Å²) < 4.78 is 8.78. The van der Waals surface area contributed by atoms with Gasteiger partial charge in [0.25, 0.3) is 0 Å². The van der Waals surface area contributed by atoms with E-state index in [-0.39, 0.29) is 0 Å². The van der Waals surface area contributed by atoms with E-state index in [9.17, 15) is 0 Å². The van der Waals surface area contributed by atoms with Crippen LogP contribution in [0.5, 0.6) is 0 Å². The number of para-hydroxylation sites is 1. The Bertz CT molecular complexity index is 1820. The summed E-state index contributed by atoms with van der Waals surface area (Å²) in [6.45, 7) is 6.22. The highest BCUT2D eigenvalue weighted by Crippen LogP contribution is 2.46. The molecular formula is C27H19N3O. The Labute approximate surface area is 178 Å². The topological polar surface area (TPSA) is 43.3 Å². The molecule has 31 heavy (non-hydrogen) atoms. The molecule has 5 heterocycles. The summed E-state index contributed by atoms with van der Waals surface area (Å²) in [7, 11) is 0. The van der Waals surface area contributed by atoms with Gasteiger partial charge in [-0.05, 0) is 56.2 Å². The first-order valence-electron chi connectivity index (χ1n) is 10.5. The number of aryl methyl sites for hydroxylation is 3. The number of benzene rings is 2. The van der Waals surface area contributed by atoms with E-state index >= 15 is 0 Å². The minimum absolute atomic E-state index is 0.685. The lowest BCUT2D eigenvalue weighted by atomic mass is 10.0. The van der Waals surface area contributed by atoms with E-state index in [1.54, 1.807) is 0 Å². The highest BCUT2D eigenvalue weighted by Gasteiger charge is 2.25. The van der Waals surface area contributed by atoms with Crippen molar-refractivity contribution >= 4 is 49.4 Å². The Hall–Kier alpha value is -3.92. The summed E-state index contributed by atoms with van der Waals surface area (Å²) in [5.74, 6) is 0. The molecule has 0 saturated carbocycles. The van der Waals surface area contributed by atoms with E-state index < -0.39 is 0 Å². The largest absolute Gasteiger partial charge is 0.435 e. The molecule has 0 amide bonds. The molecular weight excluding hydrogens is 382 g/mol. The third kappa shape index (κ3) is 2.04. The Kier molecular flexibility index (Phi) is 3.05. The van der Waals surface area contributed by atoms with Crippen molar-refractivity contribution in [2.75, 3.05) is 0 Å². The monoisotopic (exact) mass is 401 g/mol. The average molecular weight is 401 g/mol. The number of rotatable bonds is 1. The number of aromatic nitrogens is 3. The summed E-state index contributed by atoms with van der Waals surface area (Å²) in [4.78, 5) is 9.45. The summed E-state index contributed by atoms with van der Waals surface area (Å²) in [6.07, 6.45) is 1.95. The molecule has 148 valence electrons. The molecule has 7 rings (SSSR count). The molecule has 0 fully saturated rings. The predicted octanol–water partition coefficient (Wildman–Crippen LogP) is 6.97. The number of nitrogens with zero attached hydrogens (tertiary/aromatic N) is 3. The van der Waals surface area contributed by atoms with Gasteiger partial charge in [0.05, 0.1) is 27.5 Å². The van der Waals surface area contributed by atoms with E-state index in [0.29, 0.717) is 5.71 Å². The standard InChI is InChI=1S/C27H19N3O/c1-14-12-21(28-13-15(14)2)19-11-10-18-17-6-4-5-7-22(17)30-24(18)23(19)26-25(30)20-9-8-16(3)29-27(20)31-26/h4-13H,1-3H3. The third-order valence-electron chi connectivity index (χ3n) is 6.60. The lowest BCUT2D eigenvalue weighted by molar-refractivity contribution is 0.656. The zero-order chi connectivity index (χ0) is 20.9. The zero-order valence-corrected chi connectivity index (χ0v) is 17.5. The van der Waals surface area contributed by atoms with Crippen molar-refractivity contribution in [2.24, 2.45) is 0 Å². The first-order chi connectivity index (χ1) is 15.1. The molecule has 0 saturated heterocycles. The van der Waals surface area contributed by atoms with Gasteiger partial charge in [-0.3, -0.25) is 4.98 Å². The average Bonchev–Trinajstić information content (AvgIpc) is 3.40. The fraction of sp³-hybridized carbons (Fsp3) is 0.111. The SMILES string of the molecule is Cc1ccc2c(n1)oc1c3c(-c4cc(C)c(C)cn4)ccc4c5ccccc5n(c21)c43. The maximum atomic E-state index is 6.43. The molecule has 0 aliphatic rings. The van der Waals surface area contributed by atoms with Gasteiger partial charge in [-0.1, -0.05) is 30.3 Å². The smallest absolute Gasteiger partial charge is 0.229 e. The van der Waals surface area contributed by atoms with Gasteiger partial charge in [0, 0.05) is 28.2 Å². The first-order valence-corrected chi connectivity index (χ1v) is 10.5. The van der Waals surface area contributed by atoms with Crippen LogP contribution in [0.15, 0.2) is 65.2 Å². The summed E-state index contributed by atoms with van der Waals surface area (Å²) in [5, 5.41) is 4.63. The summed E-state index contributed by atoms with van der Waals surface area (Å²) in [6, 6.07) is 19.3. The molecule has 4 nitrogen and oxygen atoms in total. The van der Waals surface area contributed by atoms with Gasteiger partial charge in [-0.15, -0.1) is 0 Å². The minimum Gasteiger partial charge on any atom is -0.435 e. The van der Waals surface area contributed by atoms with Gasteiger partial charge in [0.2, 0.25) is 5.71 Å². The molecule has 0 bridgehead atoms. The molecule has 0 radical (unpaired) electrons. The summed E-state index contributed by atoms with van der Waals surface area (Å²) in [5.41, 5.74) is 10.5. The van der Waals surface area contributed by atoms with Crippen molar-refractivity contribution in [3.63, 3.8) is 0 Å². The van der Waals surface area contributed by atoms with E-state index in [1.165, 1.54) is 32.9 Å². The Balaban J connectivity index is 1.78. The van der Waals surface area contributed by atoms with Crippen molar-refractivity contribution in [1.29, 1.82) is 0 Å². The molecule has 0 N–H and O–H groups in total. The molecule has 2 aromatic carbocycles. The number of hydrogen-bond donors (Lipinski definition) is 0. The van der Waals surface area contributed by atoms with E-state index in [1.807, 2.05) is 13.1 Å². The Morgan fingerprint density at radius 3 is 2.52 bits per heavy atom. The van der Waals surface area contributed by atoms with Crippen molar-refractivity contribution in [3.05, 3.63) is 77.6 Å². The second-order valence-electron chi connectivity index (χ2n) is 8.48. The third-order valence-corrected chi connectivity index (χ3v) is 6.60. The van der Waals surface area contributed by atoms with Crippen LogP contribution >= 0.6 is 0 Å². The van der Waals surface area contributed by atoms with Crippen molar-refractivity contribution in [2.45, 2.75) is 20.8 Å². The lowest BCUT2D eigenvalue weighted by Crippen LogP contribution is -1.89. The lowest BCUT2D eigenvalue weighted by Gasteiger charge is -2.06. The maximum absolute atomic E-state index is 6.43. The van der Waals surface area contributed by atoms with Crippen molar-refractivity contribution in [3.8, 4) is 11.3 Å². The van der Waals surface area contributed by atoms with Crippen LogP contribution in [-0.2, 0) is 0 Å². The normalized spacial score (nSPS) is 12.4. The maximum Gasteiger partial charge on any atom is 0.229 e. The van der Waals surface area contributed by atoms with Gasteiger partial charge < -0.3 is 8.82 Å². The van der Waals surface area contributed by atoms with Gasteiger partial charge in [-0.2, -0.15) is 0 Å². The van der Waals surface area contributed by atoms with Gasteiger partial charge in [0.15, 0.2) is 5.58 Å². The fourth-order valence-corrected chi connectivity index (χ4v) is 4.95. The van der Waals surface area contributed by atoms with Crippen molar-refractivity contribution < 1.29 is 4.42 Å². The second-order valence-corrected chi connectivity index (χ2v) is 8.48. The van der Waals surface area contributed by atoms with Crippen LogP contribution in [0.1, 0.15) is 16.8 Å². The fourth-order valence-electron chi connectivity index (χ4n) is 4.95. The van der Waals surface area contributed by atoms with E-state index in [0.717, 1.165) is 38.8 Å². The molecule has 4 heteroatoms. The molecule has 0 atom stereocenters.